The molecule has 0 atom stereocenters. The van der Waals surface area contributed by atoms with E-state index in [1.165, 1.54) is 69.9 Å². The summed E-state index contributed by atoms with van der Waals surface area (Å²) < 4.78 is 40.8. The molecule has 2 saturated carbocycles. The smallest absolute Gasteiger partial charge is 0.406 e. The standard InChI is InChI=1S/C23H33F3O/c1-2-3-17-4-6-18(7-5-17)16-19-8-10-20(11-9-19)21-12-14-22(15-13-21)27-23(24,25)26/h12-15,17-20H,2-11,16H2,1H3. The normalized spacial score (nSPS) is 29.5. The highest BCUT2D eigenvalue weighted by Gasteiger charge is 2.31. The molecular weight excluding hydrogens is 349 g/mol. The van der Waals surface area contributed by atoms with Gasteiger partial charge in [0.25, 0.3) is 0 Å². The second-order valence-electron chi connectivity index (χ2n) is 8.75. The van der Waals surface area contributed by atoms with Crippen molar-refractivity contribution in [3.63, 3.8) is 0 Å². The highest BCUT2D eigenvalue weighted by molar-refractivity contribution is 5.29. The maximum atomic E-state index is 12.3. The zero-order valence-electron chi connectivity index (χ0n) is 16.4. The first-order valence-electron chi connectivity index (χ1n) is 10.8. The fourth-order valence-corrected chi connectivity index (χ4v) is 5.31. The van der Waals surface area contributed by atoms with Crippen LogP contribution >= 0.6 is 0 Å². The van der Waals surface area contributed by atoms with Gasteiger partial charge in [0, 0.05) is 0 Å². The molecule has 0 spiro atoms. The Bertz CT molecular complexity index is 550. The van der Waals surface area contributed by atoms with Gasteiger partial charge in [0.15, 0.2) is 0 Å². The summed E-state index contributed by atoms with van der Waals surface area (Å²) in [6.07, 6.45) is 10.1. The van der Waals surface area contributed by atoms with Gasteiger partial charge in [-0.05, 0) is 73.5 Å². The lowest BCUT2D eigenvalue weighted by molar-refractivity contribution is -0.274. The van der Waals surface area contributed by atoms with Gasteiger partial charge in [-0.1, -0.05) is 57.6 Å². The number of ether oxygens (including phenoxy) is 1. The van der Waals surface area contributed by atoms with Gasteiger partial charge in [-0.2, -0.15) is 0 Å². The number of hydrogen-bond acceptors (Lipinski definition) is 1. The van der Waals surface area contributed by atoms with E-state index in [0.29, 0.717) is 5.92 Å². The zero-order valence-corrected chi connectivity index (χ0v) is 16.4. The van der Waals surface area contributed by atoms with Crippen LogP contribution < -0.4 is 4.74 Å². The van der Waals surface area contributed by atoms with Crippen LogP contribution in [0.3, 0.4) is 0 Å². The van der Waals surface area contributed by atoms with E-state index in [4.69, 9.17) is 0 Å². The van der Waals surface area contributed by atoms with Crippen molar-refractivity contribution in [1.29, 1.82) is 0 Å². The van der Waals surface area contributed by atoms with Crippen LogP contribution in [0.2, 0.25) is 0 Å². The number of hydrogen-bond donors (Lipinski definition) is 0. The first-order valence-corrected chi connectivity index (χ1v) is 10.8. The molecule has 0 saturated heterocycles. The molecule has 2 aliphatic carbocycles. The molecule has 0 heterocycles. The minimum absolute atomic E-state index is 0.126. The third-order valence-corrected chi connectivity index (χ3v) is 6.76. The van der Waals surface area contributed by atoms with Crippen molar-refractivity contribution < 1.29 is 17.9 Å². The average Bonchev–Trinajstić information content (AvgIpc) is 2.64. The van der Waals surface area contributed by atoms with Crippen LogP contribution in [0, 0.1) is 17.8 Å². The number of benzene rings is 1. The van der Waals surface area contributed by atoms with E-state index in [9.17, 15) is 13.2 Å². The first kappa shape index (κ1) is 20.5. The van der Waals surface area contributed by atoms with Gasteiger partial charge in [0.05, 0.1) is 0 Å². The minimum Gasteiger partial charge on any atom is -0.406 e. The number of halogens is 3. The predicted molar refractivity (Wildman–Crippen MR) is 103 cm³/mol. The summed E-state index contributed by atoms with van der Waals surface area (Å²) in [5, 5.41) is 0. The Kier molecular flexibility index (Phi) is 7.10. The van der Waals surface area contributed by atoms with Crippen LogP contribution in [0.5, 0.6) is 5.75 Å². The topological polar surface area (TPSA) is 9.23 Å². The van der Waals surface area contributed by atoms with Crippen molar-refractivity contribution in [2.24, 2.45) is 17.8 Å². The monoisotopic (exact) mass is 382 g/mol. The fraction of sp³-hybridized carbons (Fsp3) is 0.739. The molecule has 0 bridgehead atoms. The zero-order chi connectivity index (χ0) is 19.3. The van der Waals surface area contributed by atoms with E-state index in [1.54, 1.807) is 12.1 Å². The quantitative estimate of drug-likeness (QED) is 0.486. The summed E-state index contributed by atoms with van der Waals surface area (Å²) >= 11 is 0. The molecule has 152 valence electrons. The summed E-state index contributed by atoms with van der Waals surface area (Å²) in [5.41, 5.74) is 1.16. The van der Waals surface area contributed by atoms with Gasteiger partial charge in [0.1, 0.15) is 5.75 Å². The average molecular weight is 383 g/mol. The lowest BCUT2D eigenvalue weighted by Crippen LogP contribution is -2.20. The summed E-state index contributed by atoms with van der Waals surface area (Å²) in [5.74, 6) is 3.12. The van der Waals surface area contributed by atoms with Crippen LogP contribution in [0.25, 0.3) is 0 Å². The molecule has 0 aromatic heterocycles. The highest BCUT2D eigenvalue weighted by Crippen LogP contribution is 2.42. The molecule has 1 aromatic carbocycles. The van der Waals surface area contributed by atoms with E-state index < -0.39 is 6.36 Å². The Hall–Kier alpha value is -1.19. The van der Waals surface area contributed by atoms with Crippen molar-refractivity contribution in [2.75, 3.05) is 0 Å². The minimum atomic E-state index is -4.62. The van der Waals surface area contributed by atoms with Gasteiger partial charge in [0.2, 0.25) is 0 Å². The molecule has 2 fully saturated rings. The second-order valence-corrected chi connectivity index (χ2v) is 8.75. The number of rotatable bonds is 6. The lowest BCUT2D eigenvalue weighted by atomic mass is 9.72. The molecule has 0 amide bonds. The van der Waals surface area contributed by atoms with Crippen molar-refractivity contribution in [1.82, 2.24) is 0 Å². The summed E-state index contributed by atoms with van der Waals surface area (Å²) in [6, 6.07) is 6.51. The van der Waals surface area contributed by atoms with Crippen LogP contribution in [0.4, 0.5) is 13.2 Å². The maximum absolute atomic E-state index is 12.3. The van der Waals surface area contributed by atoms with Crippen LogP contribution in [0.1, 0.15) is 89.0 Å². The van der Waals surface area contributed by atoms with Crippen LogP contribution in [-0.2, 0) is 0 Å². The fourth-order valence-electron chi connectivity index (χ4n) is 5.31. The van der Waals surface area contributed by atoms with E-state index in [-0.39, 0.29) is 5.75 Å². The number of alkyl halides is 3. The van der Waals surface area contributed by atoms with E-state index >= 15 is 0 Å². The SMILES string of the molecule is CCCC1CCC(CC2CCC(c3ccc(OC(F)(F)F)cc3)CC2)CC1. The van der Waals surface area contributed by atoms with Crippen molar-refractivity contribution in [3.8, 4) is 5.75 Å². The van der Waals surface area contributed by atoms with Gasteiger partial charge in [-0.15, -0.1) is 13.2 Å². The lowest BCUT2D eigenvalue weighted by Gasteiger charge is -2.34. The first-order chi connectivity index (χ1) is 12.9. The van der Waals surface area contributed by atoms with Crippen LogP contribution in [-0.4, -0.2) is 6.36 Å². The molecule has 0 unspecified atom stereocenters. The Balaban J connectivity index is 1.41. The largest absolute Gasteiger partial charge is 0.573 e. The Morgan fingerprint density at radius 1 is 0.815 bits per heavy atom. The Labute approximate surface area is 161 Å². The Morgan fingerprint density at radius 2 is 1.33 bits per heavy atom. The summed E-state index contributed by atoms with van der Waals surface area (Å²) in [7, 11) is 0. The third-order valence-electron chi connectivity index (χ3n) is 6.76. The van der Waals surface area contributed by atoms with Gasteiger partial charge in [-0.3, -0.25) is 0 Å². The maximum Gasteiger partial charge on any atom is 0.573 e. The molecule has 0 aliphatic heterocycles. The van der Waals surface area contributed by atoms with Gasteiger partial charge in [-0.25, -0.2) is 0 Å². The second kappa shape index (κ2) is 9.34. The Morgan fingerprint density at radius 3 is 1.85 bits per heavy atom. The van der Waals surface area contributed by atoms with Gasteiger partial charge < -0.3 is 4.74 Å². The van der Waals surface area contributed by atoms with Crippen molar-refractivity contribution >= 4 is 0 Å². The van der Waals surface area contributed by atoms with E-state index in [2.05, 4.69) is 11.7 Å². The highest BCUT2D eigenvalue weighted by atomic mass is 19.4. The molecule has 1 nitrogen and oxygen atoms in total. The van der Waals surface area contributed by atoms with Crippen molar-refractivity contribution in [2.45, 2.75) is 89.8 Å². The molecule has 2 aliphatic rings. The van der Waals surface area contributed by atoms with Gasteiger partial charge >= 0.3 is 6.36 Å². The predicted octanol–water partition coefficient (Wildman–Crippen LogP) is 7.86. The summed E-state index contributed by atoms with van der Waals surface area (Å²) in [6.45, 7) is 2.29. The molecular formula is C23H33F3O. The molecule has 27 heavy (non-hydrogen) atoms. The molecule has 0 radical (unpaired) electrons. The third kappa shape index (κ3) is 6.43. The molecule has 0 N–H and O–H groups in total. The van der Waals surface area contributed by atoms with Crippen molar-refractivity contribution in [3.05, 3.63) is 29.8 Å². The van der Waals surface area contributed by atoms with E-state index in [0.717, 1.165) is 36.2 Å². The van der Waals surface area contributed by atoms with Crippen LogP contribution in [0.15, 0.2) is 24.3 Å². The molecule has 4 heteroatoms. The van der Waals surface area contributed by atoms with E-state index in [1.807, 2.05) is 0 Å². The molecule has 1 aromatic rings. The summed E-state index contributed by atoms with van der Waals surface area (Å²) in [4.78, 5) is 0. The molecule has 3 rings (SSSR count).